The van der Waals surface area contributed by atoms with Crippen LogP contribution in [0.4, 0.5) is 14.6 Å². The molecular weight excluding hydrogens is 250 g/mol. The molecule has 19 heavy (non-hydrogen) atoms. The molecule has 0 radical (unpaired) electrons. The molecule has 0 spiro atoms. The van der Waals surface area contributed by atoms with Gasteiger partial charge in [0.15, 0.2) is 0 Å². The third kappa shape index (κ3) is 2.12. The molecule has 1 aromatic carbocycles. The van der Waals surface area contributed by atoms with Gasteiger partial charge in [-0.3, -0.25) is 0 Å². The number of hydrogen-bond donors (Lipinski definition) is 1. The van der Waals surface area contributed by atoms with E-state index in [1.807, 2.05) is 18.2 Å². The van der Waals surface area contributed by atoms with E-state index in [0.29, 0.717) is 16.1 Å². The molecule has 0 aliphatic rings. The second-order valence-corrected chi connectivity index (χ2v) is 4.16. The van der Waals surface area contributed by atoms with Crippen LogP contribution in [-0.4, -0.2) is 14.8 Å². The second kappa shape index (κ2) is 4.31. The Morgan fingerprint density at radius 1 is 1.05 bits per heavy atom. The number of benzene rings is 1. The number of nitrogens with zero attached hydrogens (tertiary/aromatic N) is 3. The smallest absolute Gasteiger partial charge is 0.333 e. The normalized spacial score (nSPS) is 11.3. The average molecular weight is 260 g/mol. The summed E-state index contributed by atoms with van der Waals surface area (Å²) in [4.78, 5) is 4.00. The first kappa shape index (κ1) is 11.6. The van der Waals surface area contributed by atoms with Crippen LogP contribution in [0.2, 0.25) is 0 Å². The van der Waals surface area contributed by atoms with Crippen LogP contribution in [0.3, 0.4) is 0 Å². The lowest BCUT2D eigenvalue weighted by molar-refractivity contribution is 0.0566. The van der Waals surface area contributed by atoms with Crippen LogP contribution < -0.4 is 5.73 Å². The minimum absolute atomic E-state index is 0.424. The standard InChI is InChI=1S/C13H10F2N4/c14-13(15)19-7-11(6-18-19)8-1-2-9-5-17-12(16)4-10(9)3-8/h1-7,13H,(H2,16,17). The fourth-order valence-electron chi connectivity index (χ4n) is 1.93. The number of fused-ring (bicyclic) bond motifs is 1. The molecule has 0 fully saturated rings. The van der Waals surface area contributed by atoms with Crippen LogP contribution in [0.25, 0.3) is 21.9 Å². The summed E-state index contributed by atoms with van der Waals surface area (Å²) in [5.41, 5.74) is 7.08. The molecule has 2 N–H and O–H groups in total. The lowest BCUT2D eigenvalue weighted by Gasteiger charge is -2.02. The van der Waals surface area contributed by atoms with Crippen molar-refractivity contribution >= 4 is 16.6 Å². The highest BCUT2D eigenvalue weighted by Crippen LogP contribution is 2.25. The number of anilines is 1. The minimum atomic E-state index is -2.63. The highest BCUT2D eigenvalue weighted by molar-refractivity contribution is 5.88. The monoisotopic (exact) mass is 260 g/mol. The van der Waals surface area contributed by atoms with Crippen molar-refractivity contribution in [2.45, 2.75) is 6.55 Å². The van der Waals surface area contributed by atoms with E-state index in [-0.39, 0.29) is 0 Å². The lowest BCUT2D eigenvalue weighted by Crippen LogP contribution is -1.96. The molecule has 6 heteroatoms. The molecule has 0 aliphatic carbocycles. The lowest BCUT2D eigenvalue weighted by atomic mass is 10.1. The highest BCUT2D eigenvalue weighted by atomic mass is 19.3. The summed E-state index contributed by atoms with van der Waals surface area (Å²) >= 11 is 0. The van der Waals surface area contributed by atoms with E-state index in [9.17, 15) is 8.78 Å². The first-order valence-corrected chi connectivity index (χ1v) is 5.61. The topological polar surface area (TPSA) is 56.7 Å². The van der Waals surface area contributed by atoms with Crippen molar-refractivity contribution in [2.75, 3.05) is 5.73 Å². The van der Waals surface area contributed by atoms with E-state index in [1.165, 1.54) is 12.4 Å². The van der Waals surface area contributed by atoms with Gasteiger partial charge >= 0.3 is 6.55 Å². The summed E-state index contributed by atoms with van der Waals surface area (Å²) in [5.74, 6) is 0.424. The fourth-order valence-corrected chi connectivity index (χ4v) is 1.93. The molecule has 2 heterocycles. The van der Waals surface area contributed by atoms with Gasteiger partial charge in [0, 0.05) is 23.3 Å². The van der Waals surface area contributed by atoms with Gasteiger partial charge in [-0.05, 0) is 23.1 Å². The zero-order valence-corrected chi connectivity index (χ0v) is 9.79. The molecule has 96 valence electrons. The van der Waals surface area contributed by atoms with Gasteiger partial charge in [-0.1, -0.05) is 12.1 Å². The third-order valence-electron chi connectivity index (χ3n) is 2.88. The van der Waals surface area contributed by atoms with Crippen molar-refractivity contribution in [1.29, 1.82) is 0 Å². The first-order valence-electron chi connectivity index (χ1n) is 5.61. The molecule has 0 bridgehead atoms. The van der Waals surface area contributed by atoms with Crippen molar-refractivity contribution in [3.05, 3.63) is 42.9 Å². The van der Waals surface area contributed by atoms with Crippen molar-refractivity contribution in [1.82, 2.24) is 14.8 Å². The summed E-state index contributed by atoms with van der Waals surface area (Å²) in [6, 6.07) is 7.33. The zero-order chi connectivity index (χ0) is 13.4. The Labute approximate surface area is 107 Å². The molecule has 0 saturated carbocycles. The van der Waals surface area contributed by atoms with Crippen molar-refractivity contribution in [2.24, 2.45) is 0 Å². The Morgan fingerprint density at radius 2 is 1.89 bits per heavy atom. The summed E-state index contributed by atoms with van der Waals surface area (Å²) in [5, 5.41) is 5.47. The predicted octanol–water partition coefficient (Wildman–Crippen LogP) is 3.08. The summed E-state index contributed by atoms with van der Waals surface area (Å²) in [7, 11) is 0. The largest absolute Gasteiger partial charge is 0.384 e. The molecule has 0 atom stereocenters. The van der Waals surface area contributed by atoms with Gasteiger partial charge in [0.2, 0.25) is 0 Å². The van der Waals surface area contributed by atoms with E-state index in [2.05, 4.69) is 10.1 Å². The third-order valence-corrected chi connectivity index (χ3v) is 2.88. The van der Waals surface area contributed by atoms with Crippen LogP contribution in [0.1, 0.15) is 6.55 Å². The fraction of sp³-hybridized carbons (Fsp3) is 0.0769. The van der Waals surface area contributed by atoms with Crippen molar-refractivity contribution in [3.8, 4) is 11.1 Å². The first-order chi connectivity index (χ1) is 9.13. The van der Waals surface area contributed by atoms with Crippen LogP contribution >= 0.6 is 0 Å². The van der Waals surface area contributed by atoms with Crippen LogP contribution in [-0.2, 0) is 0 Å². The quantitative estimate of drug-likeness (QED) is 0.770. The molecule has 0 aliphatic heterocycles. The van der Waals surface area contributed by atoms with Gasteiger partial charge in [-0.15, -0.1) is 0 Å². The van der Waals surface area contributed by atoms with E-state index in [0.717, 1.165) is 16.3 Å². The zero-order valence-electron chi connectivity index (χ0n) is 9.79. The maximum atomic E-state index is 12.5. The second-order valence-electron chi connectivity index (χ2n) is 4.16. The van der Waals surface area contributed by atoms with Gasteiger partial charge in [-0.2, -0.15) is 13.9 Å². The van der Waals surface area contributed by atoms with Crippen LogP contribution in [0, 0.1) is 0 Å². The molecule has 2 aromatic heterocycles. The minimum Gasteiger partial charge on any atom is -0.384 e. The highest BCUT2D eigenvalue weighted by Gasteiger charge is 2.09. The maximum Gasteiger partial charge on any atom is 0.333 e. The number of pyridine rings is 1. The molecule has 0 amide bonds. The number of aromatic nitrogens is 3. The molecule has 0 saturated heterocycles. The van der Waals surface area contributed by atoms with E-state index < -0.39 is 6.55 Å². The Hall–Kier alpha value is -2.50. The van der Waals surface area contributed by atoms with Gasteiger partial charge in [-0.25, -0.2) is 9.67 Å². The van der Waals surface area contributed by atoms with E-state index in [1.54, 1.807) is 12.3 Å². The van der Waals surface area contributed by atoms with Gasteiger partial charge in [0.05, 0.1) is 6.20 Å². The van der Waals surface area contributed by atoms with E-state index in [4.69, 9.17) is 5.73 Å². The number of rotatable bonds is 2. The van der Waals surface area contributed by atoms with Crippen molar-refractivity contribution in [3.63, 3.8) is 0 Å². The van der Waals surface area contributed by atoms with E-state index >= 15 is 0 Å². The van der Waals surface area contributed by atoms with Crippen molar-refractivity contribution < 1.29 is 8.78 Å². The summed E-state index contributed by atoms with van der Waals surface area (Å²) in [6.07, 6.45) is 4.41. The Balaban J connectivity index is 2.08. The number of halogens is 2. The van der Waals surface area contributed by atoms with Gasteiger partial charge in [0.25, 0.3) is 0 Å². The summed E-state index contributed by atoms with van der Waals surface area (Å²) < 4.78 is 25.6. The Morgan fingerprint density at radius 3 is 2.63 bits per heavy atom. The molecule has 0 unspecified atom stereocenters. The number of hydrogen-bond acceptors (Lipinski definition) is 3. The number of alkyl halides is 2. The average Bonchev–Trinajstić information content (AvgIpc) is 2.87. The maximum absolute atomic E-state index is 12.5. The molecular formula is C13H10F2N4. The molecule has 3 aromatic rings. The summed E-state index contributed by atoms with van der Waals surface area (Å²) in [6.45, 7) is -2.63. The molecule has 4 nitrogen and oxygen atoms in total. The number of nitrogens with two attached hydrogens (primary N) is 1. The number of nitrogen functional groups attached to an aromatic ring is 1. The van der Waals surface area contributed by atoms with Crippen LogP contribution in [0.5, 0.6) is 0 Å². The van der Waals surface area contributed by atoms with Gasteiger partial charge in [0.1, 0.15) is 5.82 Å². The van der Waals surface area contributed by atoms with Crippen LogP contribution in [0.15, 0.2) is 42.9 Å². The molecule has 3 rings (SSSR count). The van der Waals surface area contributed by atoms with Gasteiger partial charge < -0.3 is 5.73 Å². The predicted molar refractivity (Wildman–Crippen MR) is 68.6 cm³/mol. The Kier molecular flexibility index (Phi) is 2.63. The Bertz CT molecular complexity index is 736. The SMILES string of the molecule is Nc1cc2cc(-c3cnn(C(F)F)c3)ccc2cn1.